The zero-order chi connectivity index (χ0) is 8.53. The molecular formula is C7H16N2OS. The molecule has 0 fully saturated rings. The number of carbonyl (C=O) groups is 1. The van der Waals surface area contributed by atoms with Crippen LogP contribution in [0.25, 0.3) is 0 Å². The lowest BCUT2D eigenvalue weighted by atomic mass is 10.3. The van der Waals surface area contributed by atoms with Crippen molar-refractivity contribution in [1.82, 2.24) is 5.32 Å². The van der Waals surface area contributed by atoms with Crippen LogP contribution < -0.4 is 11.1 Å². The maximum Gasteiger partial charge on any atom is 0.219 e. The zero-order valence-corrected chi connectivity index (χ0v) is 7.75. The predicted octanol–water partition coefficient (Wildman–Crippen LogP) is 0.205. The van der Waals surface area contributed by atoms with Gasteiger partial charge in [0, 0.05) is 25.8 Å². The molecular weight excluding hydrogens is 160 g/mol. The van der Waals surface area contributed by atoms with E-state index in [1.54, 1.807) is 18.8 Å². The van der Waals surface area contributed by atoms with Crippen LogP contribution in [-0.4, -0.2) is 31.0 Å². The monoisotopic (exact) mass is 176 g/mol. The molecule has 66 valence electrons. The molecule has 0 unspecified atom stereocenters. The van der Waals surface area contributed by atoms with Gasteiger partial charge in [0.2, 0.25) is 5.91 Å². The predicted molar refractivity (Wildman–Crippen MR) is 49.7 cm³/mol. The molecule has 0 radical (unpaired) electrons. The van der Waals surface area contributed by atoms with Gasteiger partial charge in [0.1, 0.15) is 0 Å². The minimum atomic E-state index is 0.123. The van der Waals surface area contributed by atoms with Crippen molar-refractivity contribution in [2.75, 3.05) is 25.1 Å². The van der Waals surface area contributed by atoms with Crippen LogP contribution >= 0.6 is 11.8 Å². The van der Waals surface area contributed by atoms with Crippen molar-refractivity contribution in [3.63, 3.8) is 0 Å². The van der Waals surface area contributed by atoms with E-state index in [0.717, 1.165) is 24.5 Å². The van der Waals surface area contributed by atoms with Crippen LogP contribution in [0.5, 0.6) is 0 Å². The molecule has 3 nitrogen and oxygen atoms in total. The highest BCUT2D eigenvalue weighted by atomic mass is 32.2. The van der Waals surface area contributed by atoms with E-state index >= 15 is 0 Å². The van der Waals surface area contributed by atoms with Crippen LogP contribution in [-0.2, 0) is 4.79 Å². The average molecular weight is 176 g/mol. The smallest absolute Gasteiger partial charge is 0.219 e. The highest BCUT2D eigenvalue weighted by molar-refractivity contribution is 7.99. The largest absolute Gasteiger partial charge is 0.359 e. The normalized spacial score (nSPS) is 9.64. The summed E-state index contributed by atoms with van der Waals surface area (Å²) in [7, 11) is 1.66. The average Bonchev–Trinajstić information content (AvgIpc) is 2.04. The fourth-order valence-corrected chi connectivity index (χ4v) is 1.36. The Morgan fingerprint density at radius 3 is 2.82 bits per heavy atom. The van der Waals surface area contributed by atoms with Gasteiger partial charge < -0.3 is 11.1 Å². The summed E-state index contributed by atoms with van der Waals surface area (Å²) in [5.41, 5.74) is 5.30. The first-order valence-electron chi connectivity index (χ1n) is 3.79. The molecule has 0 heterocycles. The van der Waals surface area contributed by atoms with Crippen molar-refractivity contribution in [3.8, 4) is 0 Å². The first kappa shape index (κ1) is 10.8. The minimum absolute atomic E-state index is 0.123. The lowest BCUT2D eigenvalue weighted by Gasteiger charge is -1.98. The molecule has 0 aromatic rings. The van der Waals surface area contributed by atoms with Gasteiger partial charge >= 0.3 is 0 Å². The third-order valence-corrected chi connectivity index (χ3v) is 2.34. The lowest BCUT2D eigenvalue weighted by Crippen LogP contribution is -2.17. The molecule has 11 heavy (non-hydrogen) atoms. The molecule has 0 aromatic heterocycles. The van der Waals surface area contributed by atoms with Crippen LogP contribution in [0.15, 0.2) is 0 Å². The minimum Gasteiger partial charge on any atom is -0.359 e. The maximum atomic E-state index is 10.7. The van der Waals surface area contributed by atoms with Gasteiger partial charge in [0.25, 0.3) is 0 Å². The lowest BCUT2D eigenvalue weighted by molar-refractivity contribution is -0.120. The molecule has 1 amide bonds. The van der Waals surface area contributed by atoms with Gasteiger partial charge in [-0.3, -0.25) is 4.79 Å². The molecule has 0 aliphatic heterocycles. The summed E-state index contributed by atoms with van der Waals surface area (Å²) in [6, 6.07) is 0. The van der Waals surface area contributed by atoms with Gasteiger partial charge in [-0.15, -0.1) is 0 Å². The number of amides is 1. The number of rotatable bonds is 6. The Bertz CT molecular complexity index is 109. The molecule has 0 aliphatic carbocycles. The van der Waals surface area contributed by atoms with E-state index in [1.165, 1.54) is 0 Å². The van der Waals surface area contributed by atoms with E-state index in [9.17, 15) is 4.79 Å². The highest BCUT2D eigenvalue weighted by Gasteiger charge is 1.95. The van der Waals surface area contributed by atoms with Gasteiger partial charge in [-0.05, 0) is 12.2 Å². The number of thioether (sulfide) groups is 1. The Hall–Kier alpha value is -0.220. The number of carbonyl (C=O) groups excluding carboxylic acids is 1. The number of hydrogen-bond donors (Lipinski definition) is 2. The van der Waals surface area contributed by atoms with Gasteiger partial charge in [-0.25, -0.2) is 0 Å². The van der Waals surface area contributed by atoms with Crippen molar-refractivity contribution < 1.29 is 4.79 Å². The van der Waals surface area contributed by atoms with Crippen LogP contribution in [0.4, 0.5) is 0 Å². The third kappa shape index (κ3) is 7.68. The molecule has 0 aliphatic rings. The first-order chi connectivity index (χ1) is 5.31. The van der Waals surface area contributed by atoms with Crippen molar-refractivity contribution in [3.05, 3.63) is 0 Å². The molecule has 3 N–H and O–H groups in total. The Morgan fingerprint density at radius 1 is 1.55 bits per heavy atom. The molecule has 0 rings (SSSR count). The van der Waals surface area contributed by atoms with Crippen molar-refractivity contribution in [2.45, 2.75) is 12.8 Å². The molecule has 0 saturated carbocycles. The fourth-order valence-electron chi connectivity index (χ4n) is 0.645. The van der Waals surface area contributed by atoms with Crippen molar-refractivity contribution in [1.29, 1.82) is 0 Å². The van der Waals surface area contributed by atoms with Crippen LogP contribution in [0, 0.1) is 0 Å². The Kier molecular flexibility index (Phi) is 7.72. The van der Waals surface area contributed by atoms with Gasteiger partial charge in [-0.2, -0.15) is 11.8 Å². The summed E-state index contributed by atoms with van der Waals surface area (Å²) in [6.07, 6.45) is 1.58. The second-order valence-electron chi connectivity index (χ2n) is 2.18. The Balaban J connectivity index is 2.95. The second-order valence-corrected chi connectivity index (χ2v) is 3.40. The molecule has 0 atom stereocenters. The molecule has 0 bridgehead atoms. The number of nitrogens with one attached hydrogen (secondary N) is 1. The maximum absolute atomic E-state index is 10.7. The van der Waals surface area contributed by atoms with Crippen molar-refractivity contribution >= 4 is 17.7 Å². The van der Waals surface area contributed by atoms with Crippen LogP contribution in [0.2, 0.25) is 0 Å². The standard InChI is InChI=1S/C7H16N2OS/c1-9-7(10)3-2-5-11-6-4-8/h2-6,8H2,1H3,(H,9,10). The summed E-state index contributed by atoms with van der Waals surface area (Å²) in [4.78, 5) is 10.7. The van der Waals surface area contributed by atoms with E-state index in [4.69, 9.17) is 5.73 Å². The molecule has 0 aromatic carbocycles. The Labute approximate surface area is 72.1 Å². The molecule has 4 heteroatoms. The van der Waals surface area contributed by atoms with E-state index < -0.39 is 0 Å². The van der Waals surface area contributed by atoms with Gasteiger partial charge in [0.05, 0.1) is 0 Å². The first-order valence-corrected chi connectivity index (χ1v) is 4.95. The summed E-state index contributed by atoms with van der Waals surface area (Å²) in [6.45, 7) is 0.727. The Morgan fingerprint density at radius 2 is 2.27 bits per heavy atom. The summed E-state index contributed by atoms with van der Waals surface area (Å²) in [5, 5.41) is 2.58. The van der Waals surface area contributed by atoms with Crippen LogP contribution in [0.3, 0.4) is 0 Å². The third-order valence-electron chi connectivity index (χ3n) is 1.23. The van der Waals surface area contributed by atoms with E-state index in [-0.39, 0.29) is 5.91 Å². The summed E-state index contributed by atoms with van der Waals surface area (Å²) >= 11 is 1.80. The van der Waals surface area contributed by atoms with Crippen LogP contribution in [0.1, 0.15) is 12.8 Å². The number of hydrogen-bond acceptors (Lipinski definition) is 3. The number of nitrogens with two attached hydrogens (primary N) is 1. The molecule has 0 spiro atoms. The van der Waals surface area contributed by atoms with Gasteiger partial charge in [-0.1, -0.05) is 0 Å². The topological polar surface area (TPSA) is 55.1 Å². The highest BCUT2D eigenvalue weighted by Crippen LogP contribution is 2.02. The molecule has 0 saturated heterocycles. The van der Waals surface area contributed by atoms with E-state index in [1.807, 2.05) is 0 Å². The van der Waals surface area contributed by atoms with Crippen molar-refractivity contribution in [2.24, 2.45) is 5.73 Å². The second kappa shape index (κ2) is 7.88. The fraction of sp³-hybridized carbons (Fsp3) is 0.857. The van der Waals surface area contributed by atoms with E-state index in [0.29, 0.717) is 6.42 Å². The van der Waals surface area contributed by atoms with E-state index in [2.05, 4.69) is 5.32 Å². The SMILES string of the molecule is CNC(=O)CCCSCCN. The summed E-state index contributed by atoms with van der Waals surface area (Å²) in [5.74, 6) is 2.15. The van der Waals surface area contributed by atoms with Gasteiger partial charge in [0.15, 0.2) is 0 Å². The summed E-state index contributed by atoms with van der Waals surface area (Å²) < 4.78 is 0. The quantitative estimate of drug-likeness (QED) is 0.569. The zero-order valence-electron chi connectivity index (χ0n) is 6.93.